The molecule has 1 aromatic rings. The van der Waals surface area contributed by atoms with Crippen molar-refractivity contribution < 1.29 is 0 Å². The molecule has 2 nitrogen and oxygen atoms in total. The molecule has 2 rings (SSSR count). The lowest BCUT2D eigenvalue weighted by Gasteiger charge is -2.26. The molecular weight excluding hydrogens is 240 g/mol. The first-order chi connectivity index (χ1) is 7.79. The third kappa shape index (κ3) is 3.06. The molecule has 2 N–H and O–H groups in total. The maximum atomic E-state index is 5.99. The third-order valence-corrected chi connectivity index (χ3v) is 4.19. The molecule has 0 saturated carbocycles. The van der Waals surface area contributed by atoms with E-state index < -0.39 is 0 Å². The highest BCUT2D eigenvalue weighted by Crippen LogP contribution is 2.35. The van der Waals surface area contributed by atoms with Crippen molar-refractivity contribution in [1.29, 1.82) is 0 Å². The van der Waals surface area contributed by atoms with Gasteiger partial charge in [0, 0.05) is 27.4 Å². The summed E-state index contributed by atoms with van der Waals surface area (Å²) in [7, 11) is 2.00. The lowest BCUT2D eigenvalue weighted by molar-refractivity contribution is 0.626. The van der Waals surface area contributed by atoms with Gasteiger partial charge in [-0.3, -0.25) is 0 Å². The van der Waals surface area contributed by atoms with Gasteiger partial charge in [-0.15, -0.1) is 11.8 Å². The van der Waals surface area contributed by atoms with Gasteiger partial charge in [0.2, 0.25) is 0 Å². The lowest BCUT2D eigenvalue weighted by Crippen LogP contribution is -2.26. The number of rotatable bonds is 4. The van der Waals surface area contributed by atoms with Crippen LogP contribution in [-0.4, -0.2) is 25.4 Å². The molecule has 1 aliphatic heterocycles. The first kappa shape index (κ1) is 12.1. The fourth-order valence-electron chi connectivity index (χ4n) is 1.87. The minimum Gasteiger partial charge on any atom is -0.381 e. The van der Waals surface area contributed by atoms with Crippen LogP contribution in [0.25, 0.3) is 0 Å². The van der Waals surface area contributed by atoms with E-state index in [4.69, 9.17) is 11.6 Å². The SMILES string of the molecule is CNCCCC1CSc2ccc(Cl)cc2N1. The molecule has 16 heavy (non-hydrogen) atoms. The van der Waals surface area contributed by atoms with Crippen molar-refractivity contribution in [3.05, 3.63) is 23.2 Å². The Morgan fingerprint density at radius 3 is 3.25 bits per heavy atom. The average Bonchev–Trinajstić information content (AvgIpc) is 2.29. The molecule has 1 aliphatic rings. The molecule has 1 aromatic carbocycles. The van der Waals surface area contributed by atoms with Gasteiger partial charge in [0.25, 0.3) is 0 Å². The number of anilines is 1. The molecule has 0 amide bonds. The van der Waals surface area contributed by atoms with Crippen molar-refractivity contribution in [3.63, 3.8) is 0 Å². The minimum absolute atomic E-state index is 0.573. The second kappa shape index (κ2) is 5.80. The quantitative estimate of drug-likeness (QED) is 0.809. The van der Waals surface area contributed by atoms with Gasteiger partial charge in [0.05, 0.1) is 0 Å². The van der Waals surface area contributed by atoms with Crippen molar-refractivity contribution in [2.45, 2.75) is 23.8 Å². The van der Waals surface area contributed by atoms with Crippen molar-refractivity contribution in [3.8, 4) is 0 Å². The predicted octanol–water partition coefficient (Wildman–Crippen LogP) is 3.23. The number of hydrogen-bond acceptors (Lipinski definition) is 3. The normalized spacial score (nSPS) is 19.0. The van der Waals surface area contributed by atoms with Crippen LogP contribution in [-0.2, 0) is 0 Å². The third-order valence-electron chi connectivity index (χ3n) is 2.72. The Bertz CT molecular complexity index is 357. The van der Waals surface area contributed by atoms with Crippen molar-refractivity contribution >= 4 is 29.1 Å². The van der Waals surface area contributed by atoms with Crippen LogP contribution in [0.2, 0.25) is 5.02 Å². The van der Waals surface area contributed by atoms with E-state index in [0.717, 1.165) is 17.3 Å². The van der Waals surface area contributed by atoms with Gasteiger partial charge in [-0.05, 0) is 44.6 Å². The molecule has 0 aromatic heterocycles. The summed E-state index contributed by atoms with van der Waals surface area (Å²) in [4.78, 5) is 1.31. The van der Waals surface area contributed by atoms with Crippen LogP contribution in [0.4, 0.5) is 5.69 Å². The van der Waals surface area contributed by atoms with Crippen molar-refractivity contribution in [2.75, 3.05) is 24.7 Å². The maximum Gasteiger partial charge on any atom is 0.0495 e. The molecule has 0 spiro atoms. The molecule has 1 unspecified atom stereocenters. The first-order valence-electron chi connectivity index (χ1n) is 5.63. The smallest absolute Gasteiger partial charge is 0.0495 e. The van der Waals surface area contributed by atoms with Gasteiger partial charge in [-0.25, -0.2) is 0 Å². The predicted molar refractivity (Wildman–Crippen MR) is 72.7 cm³/mol. The number of fused-ring (bicyclic) bond motifs is 1. The van der Waals surface area contributed by atoms with E-state index in [1.807, 2.05) is 30.9 Å². The molecule has 0 fully saturated rings. The highest BCUT2D eigenvalue weighted by atomic mass is 35.5. The van der Waals surface area contributed by atoms with Gasteiger partial charge < -0.3 is 10.6 Å². The van der Waals surface area contributed by atoms with Gasteiger partial charge >= 0.3 is 0 Å². The maximum absolute atomic E-state index is 5.99. The molecule has 1 heterocycles. The topological polar surface area (TPSA) is 24.1 Å². The molecule has 4 heteroatoms. The van der Waals surface area contributed by atoms with Crippen molar-refractivity contribution in [2.24, 2.45) is 0 Å². The number of nitrogens with one attached hydrogen (secondary N) is 2. The van der Waals surface area contributed by atoms with Crippen LogP contribution < -0.4 is 10.6 Å². The van der Waals surface area contributed by atoms with E-state index >= 15 is 0 Å². The van der Waals surface area contributed by atoms with Crippen LogP contribution in [0.15, 0.2) is 23.1 Å². The zero-order valence-electron chi connectivity index (χ0n) is 9.42. The number of halogens is 1. The summed E-state index contributed by atoms with van der Waals surface area (Å²) in [5.41, 5.74) is 1.19. The Labute approximate surface area is 106 Å². The summed E-state index contributed by atoms with van der Waals surface area (Å²) in [6.07, 6.45) is 2.42. The monoisotopic (exact) mass is 256 g/mol. The average molecular weight is 257 g/mol. The Balaban J connectivity index is 1.94. The summed E-state index contributed by atoms with van der Waals surface area (Å²) in [5.74, 6) is 1.15. The first-order valence-corrected chi connectivity index (χ1v) is 6.99. The second-order valence-corrected chi connectivity index (χ2v) is 5.54. The summed E-state index contributed by atoms with van der Waals surface area (Å²) in [5, 5.41) is 7.55. The molecule has 1 atom stereocenters. The Kier molecular flexibility index (Phi) is 4.38. The summed E-state index contributed by atoms with van der Waals surface area (Å²) < 4.78 is 0. The number of hydrogen-bond donors (Lipinski definition) is 2. The van der Waals surface area contributed by atoms with Crippen LogP contribution in [0, 0.1) is 0 Å². The van der Waals surface area contributed by atoms with Crippen LogP contribution >= 0.6 is 23.4 Å². The van der Waals surface area contributed by atoms with E-state index in [1.165, 1.54) is 23.4 Å². The standard InChI is InChI=1S/C12H17ClN2S/c1-14-6-2-3-10-8-16-12-5-4-9(13)7-11(12)15-10/h4-5,7,10,14-15H,2-3,6,8H2,1H3. The highest BCUT2D eigenvalue weighted by molar-refractivity contribution is 7.99. The Morgan fingerprint density at radius 1 is 1.56 bits per heavy atom. The van der Waals surface area contributed by atoms with Crippen LogP contribution in [0.1, 0.15) is 12.8 Å². The summed E-state index contributed by atoms with van der Waals surface area (Å²) in [6, 6.07) is 6.65. The van der Waals surface area contributed by atoms with Gasteiger partial charge in [0.15, 0.2) is 0 Å². The lowest BCUT2D eigenvalue weighted by atomic mass is 10.1. The van der Waals surface area contributed by atoms with Gasteiger partial charge in [0.1, 0.15) is 0 Å². The largest absolute Gasteiger partial charge is 0.381 e. The zero-order chi connectivity index (χ0) is 11.4. The molecule has 88 valence electrons. The van der Waals surface area contributed by atoms with E-state index in [1.54, 1.807) is 0 Å². The van der Waals surface area contributed by atoms with Crippen LogP contribution in [0.5, 0.6) is 0 Å². The van der Waals surface area contributed by atoms with E-state index in [9.17, 15) is 0 Å². The molecule has 0 aliphatic carbocycles. The fourth-order valence-corrected chi connectivity index (χ4v) is 3.11. The summed E-state index contributed by atoms with van der Waals surface area (Å²) in [6.45, 7) is 1.09. The van der Waals surface area contributed by atoms with E-state index in [-0.39, 0.29) is 0 Å². The summed E-state index contributed by atoms with van der Waals surface area (Å²) >= 11 is 7.91. The van der Waals surface area contributed by atoms with Crippen molar-refractivity contribution in [1.82, 2.24) is 5.32 Å². The van der Waals surface area contributed by atoms with E-state index in [0.29, 0.717) is 6.04 Å². The van der Waals surface area contributed by atoms with E-state index in [2.05, 4.69) is 16.7 Å². The zero-order valence-corrected chi connectivity index (χ0v) is 11.0. The number of thioether (sulfide) groups is 1. The molecular formula is C12H17ClN2S. The van der Waals surface area contributed by atoms with Gasteiger partial charge in [-0.1, -0.05) is 11.6 Å². The number of benzene rings is 1. The van der Waals surface area contributed by atoms with Crippen LogP contribution in [0.3, 0.4) is 0 Å². The molecule has 0 radical (unpaired) electrons. The van der Waals surface area contributed by atoms with Gasteiger partial charge in [-0.2, -0.15) is 0 Å². The second-order valence-electron chi connectivity index (χ2n) is 4.04. The highest BCUT2D eigenvalue weighted by Gasteiger charge is 2.17. The molecule has 0 bridgehead atoms. The Hall–Kier alpha value is -0.380. The fraction of sp³-hybridized carbons (Fsp3) is 0.500. The molecule has 0 saturated heterocycles. The minimum atomic E-state index is 0.573. The Morgan fingerprint density at radius 2 is 2.44 bits per heavy atom.